The molecule has 0 unspecified atom stereocenters. The van der Waals surface area contributed by atoms with E-state index in [-0.39, 0.29) is 11.2 Å². The minimum atomic E-state index is -5.03. The summed E-state index contributed by atoms with van der Waals surface area (Å²) in [6, 6.07) is 0.560. The standard InChI is InChI=1S/C10H6F5N3S/c1-19-9(17-4-16)18-7-3-5(11)2-6(8(7)12)10(13,14)15/h2-3H,1H3,(H,17,18). The van der Waals surface area contributed by atoms with Crippen molar-refractivity contribution in [1.82, 2.24) is 5.32 Å². The van der Waals surface area contributed by atoms with Crippen LogP contribution < -0.4 is 5.32 Å². The zero-order valence-corrected chi connectivity index (χ0v) is 10.2. The lowest BCUT2D eigenvalue weighted by molar-refractivity contribution is -0.140. The second-order valence-corrected chi connectivity index (χ2v) is 3.94. The van der Waals surface area contributed by atoms with Crippen LogP contribution in [0.25, 0.3) is 0 Å². The Kier molecular flexibility index (Phi) is 4.72. The van der Waals surface area contributed by atoms with Crippen molar-refractivity contribution in [3.8, 4) is 6.19 Å². The highest BCUT2D eigenvalue weighted by atomic mass is 32.2. The van der Waals surface area contributed by atoms with Gasteiger partial charge < -0.3 is 0 Å². The van der Waals surface area contributed by atoms with E-state index in [0.717, 1.165) is 11.8 Å². The molecule has 0 aliphatic heterocycles. The summed E-state index contributed by atoms with van der Waals surface area (Å²) in [4.78, 5) is 3.43. The summed E-state index contributed by atoms with van der Waals surface area (Å²) in [6.45, 7) is 0. The molecule has 1 N–H and O–H groups in total. The van der Waals surface area contributed by atoms with E-state index in [4.69, 9.17) is 5.26 Å². The number of alkyl halides is 3. The van der Waals surface area contributed by atoms with E-state index >= 15 is 0 Å². The highest BCUT2D eigenvalue weighted by Gasteiger charge is 2.36. The minimum absolute atomic E-state index is 0.0465. The summed E-state index contributed by atoms with van der Waals surface area (Å²) in [5, 5.41) is 10.2. The molecule has 0 aliphatic carbocycles. The normalized spacial score (nSPS) is 12.2. The van der Waals surface area contributed by atoms with Crippen molar-refractivity contribution in [3.63, 3.8) is 0 Å². The van der Waals surface area contributed by atoms with Gasteiger partial charge in [-0.3, -0.25) is 5.32 Å². The number of aliphatic imine (C=N–C) groups is 1. The molecule has 0 fully saturated rings. The Labute approximate surface area is 109 Å². The second kappa shape index (κ2) is 5.88. The number of nitriles is 1. The van der Waals surface area contributed by atoms with Gasteiger partial charge in [0.15, 0.2) is 17.2 Å². The number of benzene rings is 1. The lowest BCUT2D eigenvalue weighted by Crippen LogP contribution is -2.13. The van der Waals surface area contributed by atoms with Gasteiger partial charge in [0.1, 0.15) is 11.5 Å². The number of hydrogen-bond donors (Lipinski definition) is 1. The van der Waals surface area contributed by atoms with Gasteiger partial charge in [0.05, 0.1) is 5.56 Å². The Hall–Kier alpha value is -1.82. The average molecular weight is 295 g/mol. The quantitative estimate of drug-likeness (QED) is 0.284. The van der Waals surface area contributed by atoms with Crippen LogP contribution in [-0.4, -0.2) is 11.4 Å². The van der Waals surface area contributed by atoms with Crippen LogP contribution in [0.2, 0.25) is 0 Å². The van der Waals surface area contributed by atoms with Crippen molar-refractivity contribution >= 4 is 22.6 Å². The fourth-order valence-corrected chi connectivity index (χ4v) is 1.48. The summed E-state index contributed by atoms with van der Waals surface area (Å²) >= 11 is 0.863. The molecule has 0 radical (unpaired) electrons. The first-order valence-electron chi connectivity index (χ1n) is 4.63. The van der Waals surface area contributed by atoms with E-state index in [2.05, 4.69) is 4.99 Å². The van der Waals surface area contributed by atoms with Gasteiger partial charge in [0, 0.05) is 6.07 Å². The third kappa shape index (κ3) is 3.82. The molecule has 0 spiro atoms. The van der Waals surface area contributed by atoms with Gasteiger partial charge in [-0.05, 0) is 12.3 Å². The number of halogens is 5. The zero-order chi connectivity index (χ0) is 14.6. The first-order chi connectivity index (χ1) is 8.79. The predicted octanol–water partition coefficient (Wildman–Crippen LogP) is 3.40. The minimum Gasteiger partial charge on any atom is -0.271 e. The van der Waals surface area contributed by atoms with Crippen LogP contribution >= 0.6 is 11.8 Å². The van der Waals surface area contributed by atoms with E-state index < -0.39 is 29.1 Å². The Balaban J connectivity index is 3.38. The highest BCUT2D eigenvalue weighted by Crippen LogP contribution is 2.35. The molecule has 19 heavy (non-hydrogen) atoms. The van der Waals surface area contributed by atoms with Crippen LogP contribution in [0.1, 0.15) is 5.56 Å². The van der Waals surface area contributed by atoms with Crippen molar-refractivity contribution in [2.75, 3.05) is 6.26 Å². The second-order valence-electron chi connectivity index (χ2n) is 3.14. The largest absolute Gasteiger partial charge is 0.419 e. The topological polar surface area (TPSA) is 48.2 Å². The van der Waals surface area contributed by atoms with Gasteiger partial charge >= 0.3 is 6.18 Å². The predicted molar refractivity (Wildman–Crippen MR) is 60.7 cm³/mol. The molecule has 0 bridgehead atoms. The van der Waals surface area contributed by atoms with E-state index in [9.17, 15) is 22.0 Å². The highest BCUT2D eigenvalue weighted by molar-refractivity contribution is 8.13. The zero-order valence-electron chi connectivity index (χ0n) is 9.35. The SMILES string of the molecule is CSC(=Nc1cc(F)cc(C(F)(F)F)c1F)NC#N. The maximum Gasteiger partial charge on any atom is 0.419 e. The average Bonchev–Trinajstić information content (AvgIpc) is 2.31. The fourth-order valence-electron chi connectivity index (χ4n) is 1.14. The molecular formula is C10H6F5N3S. The summed E-state index contributed by atoms with van der Waals surface area (Å²) in [5.41, 5.74) is -2.58. The molecule has 0 aliphatic rings. The van der Waals surface area contributed by atoms with Crippen LogP contribution in [0.3, 0.4) is 0 Å². The lowest BCUT2D eigenvalue weighted by Gasteiger charge is -2.10. The number of nitrogens with zero attached hydrogens (tertiary/aromatic N) is 2. The van der Waals surface area contributed by atoms with Gasteiger partial charge in [-0.1, -0.05) is 11.8 Å². The molecular weight excluding hydrogens is 289 g/mol. The van der Waals surface area contributed by atoms with E-state index in [1.807, 2.05) is 5.32 Å². The molecule has 0 saturated carbocycles. The molecule has 0 saturated heterocycles. The maximum atomic E-state index is 13.6. The third-order valence-corrected chi connectivity index (χ3v) is 2.48. The Morgan fingerprint density at radius 3 is 2.47 bits per heavy atom. The van der Waals surface area contributed by atoms with Crippen molar-refractivity contribution in [1.29, 1.82) is 5.26 Å². The number of thioether (sulfide) groups is 1. The van der Waals surface area contributed by atoms with Crippen molar-refractivity contribution in [3.05, 3.63) is 29.3 Å². The summed E-state index contributed by atoms with van der Waals surface area (Å²) in [6.07, 6.45) is -2.09. The first kappa shape index (κ1) is 15.2. The molecule has 1 rings (SSSR count). The van der Waals surface area contributed by atoms with Crippen LogP contribution in [0.5, 0.6) is 0 Å². The Morgan fingerprint density at radius 1 is 1.37 bits per heavy atom. The maximum absolute atomic E-state index is 13.6. The monoisotopic (exact) mass is 295 g/mol. The molecule has 0 aromatic heterocycles. The van der Waals surface area contributed by atoms with E-state index in [1.54, 1.807) is 0 Å². The number of nitrogens with one attached hydrogen (secondary N) is 1. The molecule has 1 aromatic rings. The molecule has 0 heterocycles. The molecule has 1 aromatic carbocycles. The molecule has 0 amide bonds. The Bertz CT molecular complexity index is 547. The molecule has 102 valence electrons. The number of amidine groups is 1. The molecule has 3 nitrogen and oxygen atoms in total. The van der Waals surface area contributed by atoms with Crippen LogP contribution in [0, 0.1) is 23.1 Å². The van der Waals surface area contributed by atoms with Crippen molar-refractivity contribution in [2.24, 2.45) is 4.99 Å². The molecule has 9 heteroatoms. The van der Waals surface area contributed by atoms with Gasteiger partial charge in [-0.15, -0.1) is 0 Å². The fraction of sp³-hybridized carbons (Fsp3) is 0.200. The van der Waals surface area contributed by atoms with Crippen LogP contribution in [-0.2, 0) is 6.18 Å². The molecule has 0 atom stereocenters. The van der Waals surface area contributed by atoms with Gasteiger partial charge in [-0.2, -0.15) is 18.4 Å². The number of hydrogen-bond acceptors (Lipinski definition) is 3. The van der Waals surface area contributed by atoms with Crippen molar-refractivity contribution in [2.45, 2.75) is 6.18 Å². The van der Waals surface area contributed by atoms with Crippen molar-refractivity contribution < 1.29 is 22.0 Å². The van der Waals surface area contributed by atoms with Gasteiger partial charge in [0.25, 0.3) is 0 Å². The third-order valence-electron chi connectivity index (χ3n) is 1.90. The van der Waals surface area contributed by atoms with E-state index in [1.165, 1.54) is 12.4 Å². The van der Waals surface area contributed by atoms with Crippen LogP contribution in [0.15, 0.2) is 17.1 Å². The smallest absolute Gasteiger partial charge is 0.271 e. The first-order valence-corrected chi connectivity index (χ1v) is 5.86. The van der Waals surface area contributed by atoms with Gasteiger partial charge in [0.2, 0.25) is 0 Å². The Morgan fingerprint density at radius 2 is 2.00 bits per heavy atom. The van der Waals surface area contributed by atoms with Gasteiger partial charge in [-0.25, -0.2) is 13.8 Å². The van der Waals surface area contributed by atoms with E-state index in [0.29, 0.717) is 6.07 Å². The summed E-state index contributed by atoms with van der Waals surface area (Å²) < 4.78 is 64.0. The number of rotatable bonds is 1. The lowest BCUT2D eigenvalue weighted by atomic mass is 10.1. The van der Waals surface area contributed by atoms with Crippen LogP contribution in [0.4, 0.5) is 27.6 Å². The summed E-state index contributed by atoms with van der Waals surface area (Å²) in [5.74, 6) is -2.97. The summed E-state index contributed by atoms with van der Waals surface area (Å²) in [7, 11) is 0.